The molecular weight excluding hydrogens is 498 g/mol. The largest absolute Gasteiger partial charge is 0.303 e. The average Bonchev–Trinajstić information content (AvgIpc) is 3.52. The molecule has 0 radical (unpaired) electrons. The van der Waals surface area contributed by atoms with Crippen LogP contribution in [0.4, 0.5) is 0 Å². The standard InChI is InChI=1S/C38H39N3/c1-27-21-22-28(2)40(27)37-25-34(26-38(39-37)41-29(3)23-24-30(41)4)36(31-13-6-5-7-14-31)20-11-9-16-33-18-12-17-32-15-8-10-19-35(32)33/h5-8,10,12-15,17-19,21-26,36H,9,11,16,20H2,1-4H3. The van der Waals surface area contributed by atoms with Gasteiger partial charge in [-0.15, -0.1) is 0 Å². The van der Waals surface area contributed by atoms with E-state index < -0.39 is 0 Å². The first kappa shape index (κ1) is 26.8. The van der Waals surface area contributed by atoms with E-state index in [4.69, 9.17) is 4.98 Å². The maximum absolute atomic E-state index is 5.23. The summed E-state index contributed by atoms with van der Waals surface area (Å²) in [4.78, 5) is 5.23. The van der Waals surface area contributed by atoms with Crippen molar-refractivity contribution >= 4 is 10.8 Å². The summed E-state index contributed by atoms with van der Waals surface area (Å²) in [5.41, 5.74) is 8.93. The van der Waals surface area contributed by atoms with Crippen molar-refractivity contribution in [3.8, 4) is 11.6 Å². The van der Waals surface area contributed by atoms with Gasteiger partial charge in [-0.05, 0) is 111 Å². The minimum atomic E-state index is 0.288. The van der Waals surface area contributed by atoms with Crippen molar-refractivity contribution in [3.63, 3.8) is 0 Å². The smallest absolute Gasteiger partial charge is 0.139 e. The van der Waals surface area contributed by atoms with Crippen LogP contribution in [0.15, 0.2) is 109 Å². The highest BCUT2D eigenvalue weighted by molar-refractivity contribution is 5.85. The van der Waals surface area contributed by atoms with Crippen molar-refractivity contribution < 1.29 is 0 Å². The van der Waals surface area contributed by atoms with Crippen LogP contribution in [0, 0.1) is 27.7 Å². The molecule has 3 aromatic carbocycles. The molecule has 0 aliphatic carbocycles. The predicted molar refractivity (Wildman–Crippen MR) is 172 cm³/mol. The van der Waals surface area contributed by atoms with E-state index in [1.807, 2.05) is 0 Å². The summed E-state index contributed by atoms with van der Waals surface area (Å²) in [6.45, 7) is 8.65. The Balaban J connectivity index is 1.36. The van der Waals surface area contributed by atoms with E-state index in [1.54, 1.807) is 0 Å². The molecule has 0 aliphatic heterocycles. The second kappa shape index (κ2) is 11.6. The molecule has 0 amide bonds. The molecule has 3 nitrogen and oxygen atoms in total. The van der Waals surface area contributed by atoms with E-state index in [9.17, 15) is 0 Å². The Morgan fingerprint density at radius 2 is 1.12 bits per heavy atom. The monoisotopic (exact) mass is 537 g/mol. The number of benzene rings is 3. The third-order valence-electron chi connectivity index (χ3n) is 8.49. The quantitative estimate of drug-likeness (QED) is 0.168. The molecule has 3 heteroatoms. The van der Waals surface area contributed by atoms with Gasteiger partial charge in [-0.3, -0.25) is 0 Å². The number of unbranched alkanes of at least 4 members (excludes halogenated alkanes) is 1. The lowest BCUT2D eigenvalue weighted by atomic mass is 9.86. The van der Waals surface area contributed by atoms with Crippen molar-refractivity contribution in [1.29, 1.82) is 0 Å². The Morgan fingerprint density at radius 3 is 1.76 bits per heavy atom. The van der Waals surface area contributed by atoms with Gasteiger partial charge in [0.15, 0.2) is 0 Å². The topological polar surface area (TPSA) is 22.8 Å². The highest BCUT2D eigenvalue weighted by Gasteiger charge is 2.19. The van der Waals surface area contributed by atoms with E-state index >= 15 is 0 Å². The number of nitrogens with zero attached hydrogens (tertiary/aromatic N) is 3. The number of hydrogen-bond donors (Lipinski definition) is 0. The summed E-state index contributed by atoms with van der Waals surface area (Å²) in [5.74, 6) is 2.26. The van der Waals surface area contributed by atoms with Crippen LogP contribution in [0.5, 0.6) is 0 Å². The van der Waals surface area contributed by atoms with E-state index in [0.29, 0.717) is 0 Å². The third-order valence-corrected chi connectivity index (χ3v) is 8.49. The van der Waals surface area contributed by atoms with Crippen molar-refractivity contribution in [1.82, 2.24) is 14.1 Å². The summed E-state index contributed by atoms with van der Waals surface area (Å²) < 4.78 is 4.56. The molecule has 0 saturated heterocycles. The van der Waals surface area contributed by atoms with Crippen LogP contribution < -0.4 is 0 Å². The van der Waals surface area contributed by atoms with Gasteiger partial charge in [-0.2, -0.15) is 0 Å². The lowest BCUT2D eigenvalue weighted by Gasteiger charge is -2.22. The second-order valence-electron chi connectivity index (χ2n) is 11.4. The summed E-state index contributed by atoms with van der Waals surface area (Å²) >= 11 is 0. The van der Waals surface area contributed by atoms with Crippen molar-refractivity contribution in [2.24, 2.45) is 0 Å². The van der Waals surface area contributed by atoms with E-state index in [1.165, 1.54) is 50.2 Å². The average molecular weight is 538 g/mol. The van der Waals surface area contributed by atoms with E-state index in [2.05, 4.69) is 146 Å². The molecule has 6 aromatic rings. The normalized spacial score (nSPS) is 12.2. The van der Waals surface area contributed by atoms with Gasteiger partial charge in [-0.25, -0.2) is 4.98 Å². The lowest BCUT2D eigenvalue weighted by molar-refractivity contribution is 0.625. The molecular formula is C38H39N3. The summed E-state index contributed by atoms with van der Waals surface area (Å²) in [7, 11) is 0. The molecule has 0 aliphatic rings. The highest BCUT2D eigenvalue weighted by Crippen LogP contribution is 2.33. The fourth-order valence-corrected chi connectivity index (χ4v) is 6.40. The molecule has 1 unspecified atom stereocenters. The Labute approximate surface area is 244 Å². The van der Waals surface area contributed by atoms with Gasteiger partial charge < -0.3 is 9.13 Å². The van der Waals surface area contributed by atoms with Gasteiger partial charge >= 0.3 is 0 Å². The molecule has 0 bridgehead atoms. The van der Waals surface area contributed by atoms with Gasteiger partial charge in [0.2, 0.25) is 0 Å². The Hall–Kier alpha value is -4.37. The van der Waals surface area contributed by atoms with Crippen LogP contribution in [0.3, 0.4) is 0 Å². The highest BCUT2D eigenvalue weighted by atomic mass is 15.1. The fraction of sp³-hybridized carbons (Fsp3) is 0.237. The number of aromatic nitrogens is 3. The van der Waals surface area contributed by atoms with Crippen molar-refractivity contribution in [2.45, 2.75) is 59.3 Å². The molecule has 1 atom stereocenters. The number of pyridine rings is 1. The SMILES string of the molecule is Cc1ccc(C)n1-c1cc(C(CCCCc2cccc3ccccc23)c2ccccc2)cc(-n2c(C)ccc2C)n1. The number of hydrogen-bond acceptors (Lipinski definition) is 1. The Morgan fingerprint density at radius 1 is 0.561 bits per heavy atom. The summed E-state index contributed by atoms with van der Waals surface area (Å²) in [5, 5.41) is 2.71. The lowest BCUT2D eigenvalue weighted by Crippen LogP contribution is -2.11. The Kier molecular flexibility index (Phi) is 7.61. The van der Waals surface area contributed by atoms with Crippen LogP contribution in [0.25, 0.3) is 22.4 Å². The number of fused-ring (bicyclic) bond motifs is 1. The van der Waals surface area contributed by atoms with Gasteiger partial charge in [0.25, 0.3) is 0 Å². The van der Waals surface area contributed by atoms with Crippen molar-refractivity contribution in [2.75, 3.05) is 0 Å². The zero-order chi connectivity index (χ0) is 28.3. The van der Waals surface area contributed by atoms with Crippen LogP contribution in [0.1, 0.15) is 64.6 Å². The van der Waals surface area contributed by atoms with Crippen LogP contribution in [0.2, 0.25) is 0 Å². The molecule has 3 aromatic heterocycles. The van der Waals surface area contributed by atoms with E-state index in [-0.39, 0.29) is 5.92 Å². The van der Waals surface area contributed by atoms with Gasteiger partial charge in [-0.1, -0.05) is 79.2 Å². The summed E-state index contributed by atoms with van der Waals surface area (Å²) in [6, 6.07) is 39.8. The summed E-state index contributed by atoms with van der Waals surface area (Å²) in [6.07, 6.45) is 4.50. The number of rotatable bonds is 9. The molecule has 6 rings (SSSR count). The zero-order valence-electron chi connectivity index (χ0n) is 24.6. The van der Waals surface area contributed by atoms with Gasteiger partial charge in [0.1, 0.15) is 11.6 Å². The van der Waals surface area contributed by atoms with Crippen LogP contribution in [-0.2, 0) is 6.42 Å². The molecule has 206 valence electrons. The van der Waals surface area contributed by atoms with Crippen LogP contribution in [-0.4, -0.2) is 14.1 Å². The Bertz CT molecular complexity index is 1680. The second-order valence-corrected chi connectivity index (χ2v) is 11.4. The first-order chi connectivity index (χ1) is 20.0. The molecule has 3 heterocycles. The maximum Gasteiger partial charge on any atom is 0.139 e. The molecule has 0 spiro atoms. The van der Waals surface area contributed by atoms with E-state index in [0.717, 1.165) is 37.3 Å². The first-order valence-electron chi connectivity index (χ1n) is 14.8. The zero-order valence-corrected chi connectivity index (χ0v) is 24.6. The van der Waals surface area contributed by atoms with Crippen molar-refractivity contribution in [3.05, 3.63) is 149 Å². The van der Waals surface area contributed by atoms with Gasteiger partial charge in [0.05, 0.1) is 0 Å². The fourth-order valence-electron chi connectivity index (χ4n) is 6.40. The van der Waals surface area contributed by atoms with Gasteiger partial charge in [0, 0.05) is 28.7 Å². The third kappa shape index (κ3) is 5.50. The number of aryl methyl sites for hydroxylation is 5. The first-order valence-corrected chi connectivity index (χ1v) is 14.8. The molecule has 41 heavy (non-hydrogen) atoms. The molecule has 0 fully saturated rings. The minimum Gasteiger partial charge on any atom is -0.303 e. The molecule has 0 N–H and O–H groups in total. The maximum atomic E-state index is 5.23. The molecule has 0 saturated carbocycles. The van der Waals surface area contributed by atoms with Crippen LogP contribution >= 0.6 is 0 Å². The minimum absolute atomic E-state index is 0.288. The predicted octanol–water partition coefficient (Wildman–Crippen LogP) is 9.59.